The van der Waals surface area contributed by atoms with Crippen LogP contribution in [-0.2, 0) is 16.0 Å². The molecule has 3 rings (SSSR count). The van der Waals surface area contributed by atoms with E-state index in [1.807, 2.05) is 54.6 Å². The zero-order valence-corrected chi connectivity index (χ0v) is 14.1. The van der Waals surface area contributed by atoms with E-state index >= 15 is 0 Å². The topological polar surface area (TPSA) is 66.8 Å². The first-order valence-electron chi connectivity index (χ1n) is 8.27. The number of methoxy groups -OCH3 is 1. The number of carboxylic acid groups (broad SMARTS) is 1. The van der Waals surface area contributed by atoms with Crippen LogP contribution in [0.3, 0.4) is 0 Å². The first-order valence-corrected chi connectivity index (χ1v) is 8.27. The monoisotopic (exact) mass is 339 g/mol. The summed E-state index contributed by atoms with van der Waals surface area (Å²) in [7, 11) is 1.59. The Labute approximate surface area is 146 Å². The molecule has 25 heavy (non-hydrogen) atoms. The molecule has 2 atom stereocenters. The highest BCUT2D eigenvalue weighted by atomic mass is 16.5. The molecule has 0 aromatic heterocycles. The standard InChI is InChI=1S/C20H21NO4/c1-25-16-9-5-6-14(10-16)11-19(22)21-12-17(18(13-21)20(23)24)15-7-3-2-4-8-15/h2-10,17-18H,11-13H2,1H3,(H,23,24). The van der Waals surface area contributed by atoms with Gasteiger partial charge < -0.3 is 14.7 Å². The molecule has 1 N–H and O–H groups in total. The third-order valence-corrected chi connectivity index (χ3v) is 4.71. The van der Waals surface area contributed by atoms with Crippen LogP contribution >= 0.6 is 0 Å². The molecule has 2 aromatic carbocycles. The first kappa shape index (κ1) is 17.0. The van der Waals surface area contributed by atoms with Gasteiger partial charge in [-0.05, 0) is 23.3 Å². The number of likely N-dealkylation sites (tertiary alicyclic amines) is 1. The van der Waals surface area contributed by atoms with Gasteiger partial charge in [0.1, 0.15) is 5.75 Å². The second-order valence-corrected chi connectivity index (χ2v) is 6.29. The Morgan fingerprint density at radius 2 is 1.88 bits per heavy atom. The van der Waals surface area contributed by atoms with Crippen LogP contribution in [0.2, 0.25) is 0 Å². The minimum Gasteiger partial charge on any atom is -0.497 e. The van der Waals surface area contributed by atoms with E-state index in [1.54, 1.807) is 12.0 Å². The number of nitrogens with zero attached hydrogens (tertiary/aromatic N) is 1. The third kappa shape index (κ3) is 3.82. The molecule has 5 heteroatoms. The summed E-state index contributed by atoms with van der Waals surface area (Å²) in [6.45, 7) is 0.682. The van der Waals surface area contributed by atoms with Gasteiger partial charge in [0.2, 0.25) is 5.91 Å². The fraction of sp³-hybridized carbons (Fsp3) is 0.300. The van der Waals surface area contributed by atoms with Crippen molar-refractivity contribution in [2.75, 3.05) is 20.2 Å². The van der Waals surface area contributed by atoms with Gasteiger partial charge >= 0.3 is 5.97 Å². The van der Waals surface area contributed by atoms with Crippen LogP contribution < -0.4 is 4.74 Å². The molecule has 2 unspecified atom stereocenters. The Morgan fingerprint density at radius 1 is 1.12 bits per heavy atom. The van der Waals surface area contributed by atoms with Crippen molar-refractivity contribution in [3.8, 4) is 5.75 Å². The SMILES string of the molecule is COc1cccc(CC(=O)N2CC(C(=O)O)C(c3ccccc3)C2)c1. The van der Waals surface area contributed by atoms with Crippen molar-refractivity contribution >= 4 is 11.9 Å². The number of benzene rings is 2. The maximum absolute atomic E-state index is 12.7. The molecule has 1 amide bonds. The molecule has 5 nitrogen and oxygen atoms in total. The lowest BCUT2D eigenvalue weighted by molar-refractivity contribution is -0.141. The Balaban J connectivity index is 1.74. The van der Waals surface area contributed by atoms with E-state index in [2.05, 4.69) is 0 Å². The highest BCUT2D eigenvalue weighted by Gasteiger charge is 2.40. The van der Waals surface area contributed by atoms with Crippen molar-refractivity contribution in [2.24, 2.45) is 5.92 Å². The van der Waals surface area contributed by atoms with Crippen molar-refractivity contribution in [3.63, 3.8) is 0 Å². The van der Waals surface area contributed by atoms with Crippen molar-refractivity contribution in [3.05, 3.63) is 65.7 Å². The highest BCUT2D eigenvalue weighted by Crippen LogP contribution is 2.33. The lowest BCUT2D eigenvalue weighted by atomic mass is 9.89. The van der Waals surface area contributed by atoms with E-state index in [9.17, 15) is 14.7 Å². The predicted octanol–water partition coefficient (Wildman–Crippen LogP) is 2.56. The Bertz CT molecular complexity index is 759. The number of carbonyl (C=O) groups excluding carboxylic acids is 1. The number of hydrogen-bond acceptors (Lipinski definition) is 3. The fourth-order valence-corrected chi connectivity index (χ4v) is 3.36. The summed E-state index contributed by atoms with van der Waals surface area (Å²) in [5, 5.41) is 9.55. The van der Waals surface area contributed by atoms with Gasteiger partial charge in [0.25, 0.3) is 0 Å². The summed E-state index contributed by atoms with van der Waals surface area (Å²) in [4.78, 5) is 26.0. The molecule has 2 aromatic rings. The van der Waals surface area contributed by atoms with Crippen molar-refractivity contribution in [1.82, 2.24) is 4.90 Å². The van der Waals surface area contributed by atoms with E-state index in [0.717, 1.165) is 11.1 Å². The van der Waals surface area contributed by atoms with Crippen LogP contribution in [0.4, 0.5) is 0 Å². The first-order chi connectivity index (χ1) is 12.1. The number of ether oxygens (including phenoxy) is 1. The average molecular weight is 339 g/mol. The van der Waals surface area contributed by atoms with Crippen LogP contribution in [0.1, 0.15) is 17.0 Å². The van der Waals surface area contributed by atoms with E-state index < -0.39 is 11.9 Å². The smallest absolute Gasteiger partial charge is 0.308 e. The Hall–Kier alpha value is -2.82. The normalized spacial score (nSPS) is 19.6. The Kier molecular flexibility index (Phi) is 5.03. The quantitative estimate of drug-likeness (QED) is 0.909. The van der Waals surface area contributed by atoms with E-state index in [-0.39, 0.29) is 24.8 Å². The fourth-order valence-electron chi connectivity index (χ4n) is 3.36. The molecule has 1 heterocycles. The highest BCUT2D eigenvalue weighted by molar-refractivity contribution is 5.81. The second kappa shape index (κ2) is 7.38. The molecule has 1 fully saturated rings. The second-order valence-electron chi connectivity index (χ2n) is 6.29. The van der Waals surface area contributed by atoms with Gasteiger partial charge in [-0.3, -0.25) is 9.59 Å². The summed E-state index contributed by atoms with van der Waals surface area (Å²) < 4.78 is 5.18. The van der Waals surface area contributed by atoms with Gasteiger partial charge in [0, 0.05) is 19.0 Å². The van der Waals surface area contributed by atoms with Gasteiger partial charge in [-0.2, -0.15) is 0 Å². The van der Waals surface area contributed by atoms with Crippen LogP contribution in [0.15, 0.2) is 54.6 Å². The minimum absolute atomic E-state index is 0.0575. The van der Waals surface area contributed by atoms with E-state index in [1.165, 1.54) is 0 Å². The lowest BCUT2D eigenvalue weighted by Crippen LogP contribution is -2.31. The molecular weight excluding hydrogens is 318 g/mol. The molecule has 130 valence electrons. The van der Waals surface area contributed by atoms with Crippen LogP contribution in [0, 0.1) is 5.92 Å². The maximum Gasteiger partial charge on any atom is 0.308 e. The zero-order chi connectivity index (χ0) is 17.8. The summed E-state index contributed by atoms with van der Waals surface area (Å²) >= 11 is 0. The number of carboxylic acids is 1. The lowest BCUT2D eigenvalue weighted by Gasteiger charge is -2.17. The number of rotatable bonds is 5. The van der Waals surface area contributed by atoms with Crippen molar-refractivity contribution < 1.29 is 19.4 Å². The number of hydrogen-bond donors (Lipinski definition) is 1. The van der Waals surface area contributed by atoms with Gasteiger partial charge in [0.15, 0.2) is 0 Å². The summed E-state index contributed by atoms with van der Waals surface area (Å²) in [5.74, 6) is -0.953. The van der Waals surface area contributed by atoms with Crippen LogP contribution in [0.25, 0.3) is 0 Å². The number of carbonyl (C=O) groups is 2. The number of amides is 1. The largest absolute Gasteiger partial charge is 0.497 e. The molecule has 0 aliphatic carbocycles. The van der Waals surface area contributed by atoms with Crippen LogP contribution in [-0.4, -0.2) is 42.1 Å². The molecule has 0 saturated carbocycles. The van der Waals surface area contributed by atoms with Crippen molar-refractivity contribution in [2.45, 2.75) is 12.3 Å². The molecular formula is C20H21NO4. The third-order valence-electron chi connectivity index (χ3n) is 4.71. The summed E-state index contributed by atoms with van der Waals surface area (Å²) in [6, 6.07) is 16.9. The van der Waals surface area contributed by atoms with Crippen molar-refractivity contribution in [1.29, 1.82) is 0 Å². The number of aliphatic carboxylic acids is 1. The summed E-state index contributed by atoms with van der Waals surface area (Å²) in [6.07, 6.45) is 0.241. The van der Waals surface area contributed by atoms with Gasteiger partial charge in [-0.1, -0.05) is 42.5 Å². The predicted molar refractivity (Wildman–Crippen MR) is 93.6 cm³/mol. The van der Waals surface area contributed by atoms with Gasteiger partial charge in [-0.15, -0.1) is 0 Å². The molecule has 0 spiro atoms. The maximum atomic E-state index is 12.7. The molecule has 1 aliphatic heterocycles. The zero-order valence-electron chi connectivity index (χ0n) is 14.1. The van der Waals surface area contributed by atoms with E-state index in [0.29, 0.717) is 12.3 Å². The van der Waals surface area contributed by atoms with Gasteiger partial charge in [-0.25, -0.2) is 0 Å². The molecule has 0 radical (unpaired) electrons. The van der Waals surface area contributed by atoms with Gasteiger partial charge in [0.05, 0.1) is 19.4 Å². The molecule has 1 saturated heterocycles. The van der Waals surface area contributed by atoms with E-state index in [4.69, 9.17) is 4.74 Å². The molecule has 1 aliphatic rings. The summed E-state index contributed by atoms with van der Waals surface area (Å²) in [5.41, 5.74) is 1.82. The average Bonchev–Trinajstić information content (AvgIpc) is 3.08. The van der Waals surface area contributed by atoms with Crippen LogP contribution in [0.5, 0.6) is 5.75 Å². The molecule has 0 bridgehead atoms. The Morgan fingerprint density at radius 3 is 2.56 bits per heavy atom. The minimum atomic E-state index is -0.856.